The number of hydrogen-bond acceptors (Lipinski definition) is 5. The van der Waals surface area contributed by atoms with E-state index in [4.69, 9.17) is 0 Å². The molecule has 0 bridgehead atoms. The van der Waals surface area contributed by atoms with E-state index < -0.39 is 26.2 Å². The van der Waals surface area contributed by atoms with E-state index in [9.17, 15) is 21.9 Å². The minimum absolute atomic E-state index is 0.000377. The summed E-state index contributed by atoms with van der Waals surface area (Å²) in [5.74, 6) is 0. The largest absolute Gasteiger partial charge is 0.392 e. The van der Waals surface area contributed by atoms with Gasteiger partial charge in [0.2, 0.25) is 20.0 Å². The molecule has 112 valence electrons. The molecule has 1 saturated heterocycles. The average molecular weight is 320 g/mol. The van der Waals surface area contributed by atoms with Crippen molar-refractivity contribution in [1.29, 1.82) is 0 Å². The number of benzene rings is 1. The first-order valence-corrected chi connectivity index (χ1v) is 8.91. The molecule has 1 aliphatic heterocycles. The van der Waals surface area contributed by atoms with Crippen LogP contribution >= 0.6 is 0 Å². The first-order chi connectivity index (χ1) is 9.27. The molecule has 1 heterocycles. The molecule has 1 aromatic rings. The third kappa shape index (κ3) is 2.86. The average Bonchev–Trinajstić information content (AvgIpc) is 2.86. The molecule has 2 rings (SSSR count). The van der Waals surface area contributed by atoms with Gasteiger partial charge in [0.05, 0.1) is 15.9 Å². The van der Waals surface area contributed by atoms with Crippen molar-refractivity contribution < 1.29 is 21.9 Å². The second-order valence-electron chi connectivity index (χ2n) is 4.48. The molecular formula is C11H16N2O5S2. The van der Waals surface area contributed by atoms with Crippen molar-refractivity contribution in [1.82, 2.24) is 9.03 Å². The first kappa shape index (κ1) is 15.4. The summed E-state index contributed by atoms with van der Waals surface area (Å²) in [6.45, 7) is 0.332. The molecule has 0 aliphatic carbocycles. The lowest BCUT2D eigenvalue weighted by Crippen LogP contribution is -2.29. The van der Waals surface area contributed by atoms with Gasteiger partial charge in [0.25, 0.3) is 0 Å². The lowest BCUT2D eigenvalue weighted by atomic mass is 10.3. The summed E-state index contributed by atoms with van der Waals surface area (Å²) in [6.07, 6.45) is -0.237. The Balaban J connectivity index is 2.30. The van der Waals surface area contributed by atoms with Gasteiger partial charge in [-0.15, -0.1) is 0 Å². The number of aliphatic hydroxyl groups excluding tert-OH is 1. The van der Waals surface area contributed by atoms with Crippen LogP contribution in [0.15, 0.2) is 34.1 Å². The number of hydrogen-bond donors (Lipinski definition) is 2. The number of sulfonamides is 2. The molecule has 7 nitrogen and oxygen atoms in total. The Morgan fingerprint density at radius 1 is 1.15 bits per heavy atom. The second-order valence-corrected chi connectivity index (χ2v) is 8.31. The quantitative estimate of drug-likeness (QED) is 0.767. The van der Waals surface area contributed by atoms with Crippen molar-refractivity contribution in [2.75, 3.05) is 20.1 Å². The molecule has 0 spiro atoms. The van der Waals surface area contributed by atoms with Crippen molar-refractivity contribution >= 4 is 20.0 Å². The zero-order chi connectivity index (χ0) is 15.0. The molecule has 1 atom stereocenters. The molecule has 0 saturated carbocycles. The minimum Gasteiger partial charge on any atom is -0.392 e. The van der Waals surface area contributed by atoms with Crippen LogP contribution in [-0.4, -0.2) is 52.5 Å². The van der Waals surface area contributed by atoms with Gasteiger partial charge in [-0.1, -0.05) is 0 Å². The summed E-state index contributed by atoms with van der Waals surface area (Å²) in [4.78, 5) is 0.0158. The Morgan fingerprint density at radius 2 is 1.70 bits per heavy atom. The highest BCUT2D eigenvalue weighted by Crippen LogP contribution is 2.22. The van der Waals surface area contributed by atoms with Gasteiger partial charge in [-0.2, -0.15) is 4.31 Å². The van der Waals surface area contributed by atoms with Gasteiger partial charge in [-0.25, -0.2) is 21.6 Å². The standard InChI is InChI=1S/C11H16N2O5S2/c1-12-19(15,16)10-2-4-11(5-3-10)20(17,18)13-7-6-9(14)8-13/h2-5,9,12,14H,6-8H2,1H3/t9-/m0/s1. The maximum Gasteiger partial charge on any atom is 0.243 e. The van der Waals surface area contributed by atoms with E-state index in [0.29, 0.717) is 6.42 Å². The third-order valence-electron chi connectivity index (χ3n) is 3.17. The third-order valence-corrected chi connectivity index (χ3v) is 6.48. The minimum atomic E-state index is -3.68. The number of nitrogens with one attached hydrogen (secondary N) is 1. The highest BCUT2D eigenvalue weighted by Gasteiger charge is 2.31. The van der Waals surface area contributed by atoms with Crippen LogP contribution in [0.4, 0.5) is 0 Å². The topological polar surface area (TPSA) is 104 Å². The molecule has 0 amide bonds. The van der Waals surface area contributed by atoms with Crippen molar-refractivity contribution in [2.24, 2.45) is 0 Å². The summed E-state index contributed by atoms with van der Waals surface area (Å²) in [7, 11) is -5.99. The number of nitrogens with zero attached hydrogens (tertiary/aromatic N) is 1. The van der Waals surface area contributed by atoms with Gasteiger partial charge in [0, 0.05) is 13.1 Å². The van der Waals surface area contributed by atoms with Gasteiger partial charge in [0.15, 0.2) is 0 Å². The van der Waals surface area contributed by atoms with Crippen LogP contribution < -0.4 is 4.72 Å². The van der Waals surface area contributed by atoms with Crippen molar-refractivity contribution in [3.8, 4) is 0 Å². The van der Waals surface area contributed by atoms with E-state index in [2.05, 4.69) is 4.72 Å². The smallest absolute Gasteiger partial charge is 0.243 e. The number of aliphatic hydroxyl groups is 1. The maximum absolute atomic E-state index is 12.3. The molecule has 1 aromatic carbocycles. The highest BCUT2D eigenvalue weighted by molar-refractivity contribution is 7.89. The molecule has 20 heavy (non-hydrogen) atoms. The zero-order valence-corrected chi connectivity index (χ0v) is 12.5. The van der Waals surface area contributed by atoms with E-state index in [1.807, 2.05) is 0 Å². The number of β-amino-alcohol motifs (C(OH)–C–C–N with tert-alkyl or cyclic N) is 1. The fraction of sp³-hybridized carbons (Fsp3) is 0.455. The predicted octanol–water partition coefficient (Wildman–Crippen LogP) is -0.650. The van der Waals surface area contributed by atoms with Crippen molar-refractivity contribution in [2.45, 2.75) is 22.3 Å². The molecule has 0 unspecified atom stereocenters. The van der Waals surface area contributed by atoms with Crippen LogP contribution in [0.2, 0.25) is 0 Å². The van der Waals surface area contributed by atoms with Crippen LogP contribution in [-0.2, 0) is 20.0 Å². The van der Waals surface area contributed by atoms with Crippen LogP contribution in [0.5, 0.6) is 0 Å². The van der Waals surface area contributed by atoms with Crippen LogP contribution in [0.3, 0.4) is 0 Å². The fourth-order valence-electron chi connectivity index (χ4n) is 1.99. The van der Waals surface area contributed by atoms with Gasteiger partial charge in [-0.3, -0.25) is 0 Å². The van der Waals surface area contributed by atoms with E-state index in [0.717, 1.165) is 0 Å². The van der Waals surface area contributed by atoms with Gasteiger partial charge >= 0.3 is 0 Å². The Bertz CT molecular complexity index is 682. The van der Waals surface area contributed by atoms with E-state index >= 15 is 0 Å². The number of rotatable bonds is 4. The molecule has 9 heteroatoms. The molecule has 1 aliphatic rings. The lowest BCUT2D eigenvalue weighted by molar-refractivity contribution is 0.189. The Kier molecular flexibility index (Phi) is 4.17. The SMILES string of the molecule is CNS(=O)(=O)c1ccc(S(=O)(=O)N2CC[C@H](O)C2)cc1. The molecular weight excluding hydrogens is 304 g/mol. The van der Waals surface area contributed by atoms with Gasteiger partial charge in [-0.05, 0) is 37.7 Å². The normalized spacial score (nSPS) is 21.2. The summed E-state index contributed by atoms with van der Waals surface area (Å²) in [5, 5.41) is 9.40. The molecule has 0 aromatic heterocycles. The Hall–Kier alpha value is -1.00. The van der Waals surface area contributed by atoms with E-state index in [-0.39, 0.29) is 22.9 Å². The van der Waals surface area contributed by atoms with E-state index in [1.165, 1.54) is 35.6 Å². The monoisotopic (exact) mass is 320 g/mol. The van der Waals surface area contributed by atoms with Crippen molar-refractivity contribution in [3.05, 3.63) is 24.3 Å². The van der Waals surface area contributed by atoms with Gasteiger partial charge < -0.3 is 5.11 Å². The lowest BCUT2D eigenvalue weighted by Gasteiger charge is -2.15. The molecule has 2 N–H and O–H groups in total. The fourth-order valence-corrected chi connectivity index (χ4v) is 4.21. The van der Waals surface area contributed by atoms with Crippen molar-refractivity contribution in [3.63, 3.8) is 0 Å². The van der Waals surface area contributed by atoms with Crippen LogP contribution in [0.1, 0.15) is 6.42 Å². The van der Waals surface area contributed by atoms with Crippen LogP contribution in [0, 0.1) is 0 Å². The molecule has 1 fully saturated rings. The highest BCUT2D eigenvalue weighted by atomic mass is 32.2. The predicted molar refractivity (Wildman–Crippen MR) is 72.1 cm³/mol. The summed E-state index contributed by atoms with van der Waals surface area (Å²) < 4.78 is 51.0. The van der Waals surface area contributed by atoms with Gasteiger partial charge in [0.1, 0.15) is 0 Å². The second kappa shape index (κ2) is 5.41. The maximum atomic E-state index is 12.3. The van der Waals surface area contributed by atoms with Crippen LogP contribution in [0.25, 0.3) is 0 Å². The summed E-state index contributed by atoms with van der Waals surface area (Å²) >= 11 is 0. The summed E-state index contributed by atoms with van der Waals surface area (Å²) in [6, 6.07) is 4.99. The molecule has 0 radical (unpaired) electrons. The van der Waals surface area contributed by atoms with E-state index in [1.54, 1.807) is 0 Å². The Morgan fingerprint density at radius 3 is 2.15 bits per heavy atom. The Labute approximate surface area is 118 Å². The first-order valence-electron chi connectivity index (χ1n) is 5.99. The summed E-state index contributed by atoms with van der Waals surface area (Å²) in [5.41, 5.74) is 0. The zero-order valence-electron chi connectivity index (χ0n) is 10.9.